The van der Waals surface area contributed by atoms with E-state index in [1.807, 2.05) is 18.2 Å². The van der Waals surface area contributed by atoms with Crippen LogP contribution in [0.2, 0.25) is 0 Å². The molecule has 0 bridgehead atoms. The molecule has 0 aliphatic heterocycles. The lowest BCUT2D eigenvalue weighted by atomic mass is 10.0. The second-order valence-electron chi connectivity index (χ2n) is 3.41. The minimum Gasteiger partial charge on any atom is -0.507 e. The minimum atomic E-state index is 0.296. The Bertz CT molecular complexity index is 477. The quantitative estimate of drug-likeness (QED) is 0.532. The second kappa shape index (κ2) is 3.22. The molecule has 0 spiro atoms. The molecule has 2 rings (SSSR count). The summed E-state index contributed by atoms with van der Waals surface area (Å²) in [4.78, 5) is 0. The Morgan fingerprint density at radius 2 is 1.93 bits per heavy atom. The summed E-state index contributed by atoms with van der Waals surface area (Å²) < 4.78 is 0. The van der Waals surface area contributed by atoms with Gasteiger partial charge in [-0.15, -0.1) is 0 Å². The van der Waals surface area contributed by atoms with E-state index in [4.69, 9.17) is 5.73 Å². The second-order valence-corrected chi connectivity index (χ2v) is 3.41. The highest BCUT2D eigenvalue weighted by atomic mass is 16.3. The van der Waals surface area contributed by atoms with Gasteiger partial charge in [0.25, 0.3) is 0 Å². The molecule has 0 aromatic heterocycles. The molecule has 0 saturated carbocycles. The largest absolute Gasteiger partial charge is 0.507 e. The maximum atomic E-state index is 9.66. The van der Waals surface area contributed by atoms with Crippen LogP contribution in [0, 0.1) is 0 Å². The summed E-state index contributed by atoms with van der Waals surface area (Å²) in [7, 11) is 0. The average molecular weight is 187 g/mol. The standard InChI is InChI=1S/C12H13NO/c1-2-8-3-4-9-10(7-8)12(14)6-5-11(9)13/h3-7,14H,2,13H2,1H3. The number of nitrogen functional groups attached to an aromatic ring is 1. The van der Waals surface area contributed by atoms with E-state index >= 15 is 0 Å². The number of fused-ring (bicyclic) bond motifs is 1. The lowest BCUT2D eigenvalue weighted by Gasteiger charge is -2.05. The van der Waals surface area contributed by atoms with E-state index in [1.165, 1.54) is 5.56 Å². The van der Waals surface area contributed by atoms with Gasteiger partial charge in [-0.05, 0) is 30.2 Å². The first-order valence-electron chi connectivity index (χ1n) is 4.72. The fourth-order valence-electron chi connectivity index (χ4n) is 1.62. The van der Waals surface area contributed by atoms with Crippen molar-refractivity contribution < 1.29 is 5.11 Å². The van der Waals surface area contributed by atoms with Crippen molar-refractivity contribution in [3.05, 3.63) is 35.9 Å². The predicted octanol–water partition coefficient (Wildman–Crippen LogP) is 2.69. The zero-order valence-corrected chi connectivity index (χ0v) is 8.12. The average Bonchev–Trinajstić information content (AvgIpc) is 2.23. The van der Waals surface area contributed by atoms with Crippen LogP contribution in [0.3, 0.4) is 0 Å². The summed E-state index contributed by atoms with van der Waals surface area (Å²) in [5, 5.41) is 11.4. The third-order valence-electron chi connectivity index (χ3n) is 2.50. The van der Waals surface area contributed by atoms with Gasteiger partial charge in [-0.1, -0.05) is 19.1 Å². The lowest BCUT2D eigenvalue weighted by molar-refractivity contribution is 0.481. The highest BCUT2D eigenvalue weighted by Gasteiger charge is 2.03. The van der Waals surface area contributed by atoms with Gasteiger partial charge in [0.15, 0.2) is 0 Å². The van der Waals surface area contributed by atoms with Crippen LogP contribution in [0.15, 0.2) is 30.3 Å². The van der Waals surface area contributed by atoms with Gasteiger partial charge in [0.2, 0.25) is 0 Å². The van der Waals surface area contributed by atoms with Gasteiger partial charge in [0.05, 0.1) is 0 Å². The van der Waals surface area contributed by atoms with E-state index in [9.17, 15) is 5.11 Å². The Morgan fingerprint density at radius 3 is 2.64 bits per heavy atom. The third kappa shape index (κ3) is 1.29. The smallest absolute Gasteiger partial charge is 0.123 e. The van der Waals surface area contributed by atoms with E-state index in [0.29, 0.717) is 11.4 Å². The summed E-state index contributed by atoms with van der Waals surface area (Å²) in [6.45, 7) is 2.09. The normalized spacial score (nSPS) is 10.6. The van der Waals surface area contributed by atoms with Gasteiger partial charge in [0, 0.05) is 16.5 Å². The van der Waals surface area contributed by atoms with Gasteiger partial charge < -0.3 is 10.8 Å². The number of hydrogen-bond acceptors (Lipinski definition) is 2. The van der Waals surface area contributed by atoms with Crippen LogP contribution in [0.5, 0.6) is 5.75 Å². The van der Waals surface area contributed by atoms with Crippen LogP contribution in [-0.2, 0) is 6.42 Å². The molecule has 3 N–H and O–H groups in total. The van der Waals surface area contributed by atoms with Gasteiger partial charge in [-0.2, -0.15) is 0 Å². The van der Waals surface area contributed by atoms with Crippen LogP contribution < -0.4 is 5.73 Å². The van der Waals surface area contributed by atoms with Gasteiger partial charge >= 0.3 is 0 Å². The number of benzene rings is 2. The minimum absolute atomic E-state index is 0.296. The van der Waals surface area contributed by atoms with Crippen molar-refractivity contribution in [2.24, 2.45) is 0 Å². The summed E-state index contributed by atoms with van der Waals surface area (Å²) in [6, 6.07) is 9.35. The first-order valence-corrected chi connectivity index (χ1v) is 4.72. The molecular weight excluding hydrogens is 174 g/mol. The molecule has 0 radical (unpaired) electrons. The van der Waals surface area contributed by atoms with Gasteiger partial charge in [0.1, 0.15) is 5.75 Å². The number of aromatic hydroxyl groups is 1. The van der Waals surface area contributed by atoms with Crippen molar-refractivity contribution in [3.63, 3.8) is 0 Å². The Balaban J connectivity index is 2.80. The molecular formula is C12H13NO. The molecule has 0 amide bonds. The van der Waals surface area contributed by atoms with Crippen LogP contribution in [-0.4, -0.2) is 5.11 Å². The number of rotatable bonds is 1. The predicted molar refractivity (Wildman–Crippen MR) is 59.4 cm³/mol. The fraction of sp³-hybridized carbons (Fsp3) is 0.167. The zero-order valence-electron chi connectivity index (χ0n) is 8.12. The molecule has 2 heteroatoms. The molecule has 14 heavy (non-hydrogen) atoms. The van der Waals surface area contributed by atoms with Crippen molar-refractivity contribution >= 4 is 16.5 Å². The highest BCUT2D eigenvalue weighted by Crippen LogP contribution is 2.29. The number of aryl methyl sites for hydroxylation is 1. The van der Waals surface area contributed by atoms with Crippen molar-refractivity contribution in [1.82, 2.24) is 0 Å². The van der Waals surface area contributed by atoms with Gasteiger partial charge in [-0.3, -0.25) is 0 Å². The third-order valence-corrected chi connectivity index (χ3v) is 2.50. The number of phenolic OH excluding ortho intramolecular Hbond substituents is 1. The molecule has 0 aliphatic rings. The van der Waals surface area contributed by atoms with Crippen molar-refractivity contribution in [2.45, 2.75) is 13.3 Å². The molecule has 2 aromatic carbocycles. The van der Waals surface area contributed by atoms with E-state index in [1.54, 1.807) is 12.1 Å². The lowest BCUT2D eigenvalue weighted by Crippen LogP contribution is -1.88. The first kappa shape index (κ1) is 8.88. The molecule has 72 valence electrons. The van der Waals surface area contributed by atoms with Crippen molar-refractivity contribution in [1.29, 1.82) is 0 Å². The topological polar surface area (TPSA) is 46.2 Å². The highest BCUT2D eigenvalue weighted by molar-refractivity contribution is 5.97. The summed E-state index contributed by atoms with van der Waals surface area (Å²) in [5.41, 5.74) is 7.72. The van der Waals surface area contributed by atoms with E-state index in [2.05, 4.69) is 6.92 Å². The molecule has 0 unspecified atom stereocenters. The molecule has 0 heterocycles. The molecule has 0 fully saturated rings. The summed E-state index contributed by atoms with van der Waals surface area (Å²) in [5.74, 6) is 0.296. The molecule has 2 aromatic rings. The number of nitrogens with two attached hydrogens (primary N) is 1. The molecule has 0 saturated heterocycles. The Kier molecular flexibility index (Phi) is 2.04. The molecule has 2 nitrogen and oxygen atoms in total. The van der Waals surface area contributed by atoms with Crippen LogP contribution >= 0.6 is 0 Å². The Morgan fingerprint density at radius 1 is 1.14 bits per heavy atom. The number of anilines is 1. The maximum absolute atomic E-state index is 9.66. The molecule has 0 atom stereocenters. The zero-order chi connectivity index (χ0) is 10.1. The maximum Gasteiger partial charge on any atom is 0.123 e. The van der Waals surface area contributed by atoms with E-state index in [0.717, 1.165) is 17.2 Å². The van der Waals surface area contributed by atoms with Gasteiger partial charge in [-0.25, -0.2) is 0 Å². The van der Waals surface area contributed by atoms with Crippen LogP contribution in [0.4, 0.5) is 5.69 Å². The van der Waals surface area contributed by atoms with E-state index in [-0.39, 0.29) is 0 Å². The summed E-state index contributed by atoms with van der Waals surface area (Å²) >= 11 is 0. The first-order chi connectivity index (χ1) is 6.72. The number of phenols is 1. The Labute approximate surface area is 83.0 Å². The van der Waals surface area contributed by atoms with Crippen molar-refractivity contribution in [2.75, 3.05) is 5.73 Å². The van der Waals surface area contributed by atoms with Crippen LogP contribution in [0.1, 0.15) is 12.5 Å². The SMILES string of the molecule is CCc1ccc2c(N)ccc(O)c2c1. The van der Waals surface area contributed by atoms with E-state index < -0.39 is 0 Å². The summed E-state index contributed by atoms with van der Waals surface area (Å²) in [6.07, 6.45) is 0.962. The fourth-order valence-corrected chi connectivity index (χ4v) is 1.62. The monoisotopic (exact) mass is 187 g/mol. The Hall–Kier alpha value is -1.70. The van der Waals surface area contributed by atoms with Crippen molar-refractivity contribution in [3.8, 4) is 5.75 Å². The number of hydrogen-bond donors (Lipinski definition) is 2. The van der Waals surface area contributed by atoms with Crippen LogP contribution in [0.25, 0.3) is 10.8 Å². The molecule has 0 aliphatic carbocycles.